The molecule has 0 aliphatic carbocycles. The Bertz CT molecular complexity index is 564. The fourth-order valence-electron chi connectivity index (χ4n) is 2.77. The van der Waals surface area contributed by atoms with E-state index in [4.69, 9.17) is 11.6 Å². The third-order valence-corrected chi connectivity index (χ3v) is 4.33. The van der Waals surface area contributed by atoms with Crippen LogP contribution < -0.4 is 4.90 Å². The van der Waals surface area contributed by atoms with Crippen molar-refractivity contribution >= 4 is 28.9 Å². The van der Waals surface area contributed by atoms with Gasteiger partial charge in [0.15, 0.2) is 0 Å². The molecule has 1 aromatic carbocycles. The van der Waals surface area contributed by atoms with E-state index < -0.39 is 16.9 Å². The fourth-order valence-corrected chi connectivity index (χ4v) is 3.06. The summed E-state index contributed by atoms with van der Waals surface area (Å²) in [5.74, 6) is -0.498. The predicted octanol–water partition coefficient (Wildman–Crippen LogP) is 3.33. The smallest absolute Gasteiger partial charge is 0.326 e. The van der Waals surface area contributed by atoms with Gasteiger partial charge >= 0.3 is 5.97 Å². The maximum atomic E-state index is 11.5. The van der Waals surface area contributed by atoms with Gasteiger partial charge in [0, 0.05) is 18.7 Å². The van der Waals surface area contributed by atoms with Crippen molar-refractivity contribution in [3.63, 3.8) is 0 Å². The first kappa shape index (κ1) is 15.6. The minimum Gasteiger partial charge on any atom is -0.480 e. The minimum absolute atomic E-state index is 0.0981. The molecular weight excluding hydrogens is 296 g/mol. The molecule has 0 radical (unpaired) electrons. The molecule has 0 bridgehead atoms. The molecule has 1 N–H and O–H groups in total. The molecule has 1 heterocycles. The first-order valence-corrected chi connectivity index (χ1v) is 7.25. The van der Waals surface area contributed by atoms with Gasteiger partial charge in [0.2, 0.25) is 0 Å². The van der Waals surface area contributed by atoms with Gasteiger partial charge in [0.25, 0.3) is 5.69 Å². The highest BCUT2D eigenvalue weighted by Crippen LogP contribution is 2.35. The van der Waals surface area contributed by atoms with Crippen LogP contribution in [-0.2, 0) is 4.79 Å². The van der Waals surface area contributed by atoms with Crippen LogP contribution in [0.15, 0.2) is 18.2 Å². The van der Waals surface area contributed by atoms with Gasteiger partial charge in [-0.3, -0.25) is 10.1 Å². The Balaban J connectivity index is 2.31. The number of anilines is 1. The highest BCUT2D eigenvalue weighted by molar-refractivity contribution is 6.33. The molecule has 2 atom stereocenters. The zero-order chi connectivity index (χ0) is 15.6. The van der Waals surface area contributed by atoms with Gasteiger partial charge in [-0.15, -0.1) is 0 Å². The average molecular weight is 313 g/mol. The minimum atomic E-state index is -0.887. The lowest BCUT2D eigenvalue weighted by atomic mass is 9.88. The second-order valence-corrected chi connectivity index (χ2v) is 5.65. The van der Waals surface area contributed by atoms with E-state index in [9.17, 15) is 20.0 Å². The summed E-state index contributed by atoms with van der Waals surface area (Å²) in [6.45, 7) is 2.64. The van der Waals surface area contributed by atoms with E-state index in [2.05, 4.69) is 6.92 Å². The van der Waals surface area contributed by atoms with Gasteiger partial charge in [-0.2, -0.15) is 0 Å². The summed E-state index contributed by atoms with van der Waals surface area (Å²) in [7, 11) is 0. The number of hydrogen-bond acceptors (Lipinski definition) is 4. The third-order valence-electron chi connectivity index (χ3n) is 4.02. The fraction of sp³-hybridized carbons (Fsp3) is 0.500. The molecule has 0 amide bonds. The van der Waals surface area contributed by atoms with E-state index in [-0.39, 0.29) is 10.7 Å². The molecule has 2 unspecified atom stereocenters. The van der Waals surface area contributed by atoms with Crippen molar-refractivity contribution < 1.29 is 14.8 Å². The summed E-state index contributed by atoms with van der Waals surface area (Å²) in [5, 5.41) is 20.4. The molecule has 0 saturated carbocycles. The lowest BCUT2D eigenvalue weighted by molar-refractivity contribution is -0.384. The second kappa shape index (κ2) is 6.30. The Hall–Kier alpha value is -1.82. The van der Waals surface area contributed by atoms with E-state index in [1.165, 1.54) is 18.2 Å². The number of benzene rings is 1. The molecule has 114 valence electrons. The summed E-state index contributed by atoms with van der Waals surface area (Å²) >= 11 is 6.11. The number of nitro benzene ring substituents is 1. The number of carbonyl (C=O) groups is 1. The Morgan fingerprint density at radius 3 is 2.81 bits per heavy atom. The Kier molecular flexibility index (Phi) is 4.67. The Morgan fingerprint density at radius 2 is 2.29 bits per heavy atom. The number of carboxylic acid groups (broad SMARTS) is 1. The maximum absolute atomic E-state index is 11.5. The predicted molar refractivity (Wildman–Crippen MR) is 79.9 cm³/mol. The topological polar surface area (TPSA) is 83.7 Å². The summed E-state index contributed by atoms with van der Waals surface area (Å²) in [6, 6.07) is 3.51. The van der Waals surface area contributed by atoms with Crippen molar-refractivity contribution in [1.29, 1.82) is 0 Å². The van der Waals surface area contributed by atoms with E-state index in [1.807, 2.05) is 0 Å². The summed E-state index contributed by atoms with van der Waals surface area (Å²) in [5.41, 5.74) is 0.447. The lowest BCUT2D eigenvalue weighted by Gasteiger charge is -2.38. The normalized spacial score (nSPS) is 22.1. The monoisotopic (exact) mass is 312 g/mol. The Morgan fingerprint density at radius 1 is 1.57 bits per heavy atom. The number of nitrogens with zero attached hydrogens (tertiary/aromatic N) is 2. The van der Waals surface area contributed by atoms with Crippen LogP contribution in [0.2, 0.25) is 5.02 Å². The van der Waals surface area contributed by atoms with E-state index in [0.717, 1.165) is 12.8 Å². The summed E-state index contributed by atoms with van der Waals surface area (Å²) in [6.07, 6.45) is 2.42. The van der Waals surface area contributed by atoms with Gasteiger partial charge in [-0.25, -0.2) is 4.79 Å². The van der Waals surface area contributed by atoms with Crippen LogP contribution in [-0.4, -0.2) is 28.6 Å². The van der Waals surface area contributed by atoms with E-state index in [1.54, 1.807) is 4.90 Å². The number of non-ortho nitro benzene ring substituents is 1. The molecule has 6 nitrogen and oxygen atoms in total. The SMILES string of the molecule is CCC1CCN(c2ccc([N+](=O)[O-])cc2Cl)C(C(=O)O)C1. The number of piperidine rings is 1. The van der Waals surface area contributed by atoms with Crippen molar-refractivity contribution in [1.82, 2.24) is 0 Å². The molecule has 1 fully saturated rings. The lowest BCUT2D eigenvalue weighted by Crippen LogP contribution is -2.47. The molecule has 1 aliphatic rings. The van der Waals surface area contributed by atoms with Crippen LogP contribution in [0.25, 0.3) is 0 Å². The summed E-state index contributed by atoms with van der Waals surface area (Å²) in [4.78, 5) is 23.4. The first-order valence-electron chi connectivity index (χ1n) is 6.87. The summed E-state index contributed by atoms with van der Waals surface area (Å²) < 4.78 is 0. The van der Waals surface area contributed by atoms with Crippen LogP contribution >= 0.6 is 11.6 Å². The molecule has 21 heavy (non-hydrogen) atoms. The van der Waals surface area contributed by atoms with E-state index in [0.29, 0.717) is 24.6 Å². The number of halogens is 1. The van der Waals surface area contributed by atoms with Gasteiger partial charge in [-0.1, -0.05) is 24.9 Å². The second-order valence-electron chi connectivity index (χ2n) is 5.24. The van der Waals surface area contributed by atoms with Gasteiger partial charge in [0.1, 0.15) is 6.04 Å². The van der Waals surface area contributed by atoms with Crippen molar-refractivity contribution in [2.75, 3.05) is 11.4 Å². The van der Waals surface area contributed by atoms with Crippen molar-refractivity contribution in [3.8, 4) is 0 Å². The third kappa shape index (κ3) is 3.26. The standard InChI is InChI=1S/C14H17ClN2O4/c1-2-9-5-6-16(13(7-9)14(18)19)12-4-3-10(17(20)21)8-11(12)15/h3-4,8-9,13H,2,5-7H2,1H3,(H,18,19). The average Bonchev–Trinajstić information content (AvgIpc) is 2.46. The van der Waals surface area contributed by atoms with Crippen molar-refractivity contribution in [2.45, 2.75) is 32.2 Å². The van der Waals surface area contributed by atoms with Crippen LogP contribution in [0.3, 0.4) is 0 Å². The molecule has 2 rings (SSSR count). The molecule has 1 aromatic rings. The molecule has 1 saturated heterocycles. The number of nitro groups is 1. The molecule has 1 aliphatic heterocycles. The van der Waals surface area contributed by atoms with Gasteiger partial charge in [0.05, 0.1) is 15.6 Å². The molecule has 0 aromatic heterocycles. The van der Waals surface area contributed by atoms with E-state index >= 15 is 0 Å². The van der Waals surface area contributed by atoms with Crippen LogP contribution in [0.1, 0.15) is 26.2 Å². The number of aliphatic carboxylic acids is 1. The quantitative estimate of drug-likeness (QED) is 0.681. The maximum Gasteiger partial charge on any atom is 0.326 e. The molecule has 0 spiro atoms. The van der Waals surface area contributed by atoms with Crippen LogP contribution in [0, 0.1) is 16.0 Å². The number of carboxylic acids is 1. The van der Waals surface area contributed by atoms with Crippen molar-refractivity contribution in [2.24, 2.45) is 5.92 Å². The largest absolute Gasteiger partial charge is 0.480 e. The van der Waals surface area contributed by atoms with Crippen LogP contribution in [0.5, 0.6) is 0 Å². The van der Waals surface area contributed by atoms with Crippen LogP contribution in [0.4, 0.5) is 11.4 Å². The van der Waals surface area contributed by atoms with Gasteiger partial charge in [-0.05, 0) is 24.8 Å². The molecule has 7 heteroatoms. The highest BCUT2D eigenvalue weighted by Gasteiger charge is 2.34. The highest BCUT2D eigenvalue weighted by atomic mass is 35.5. The Labute approximate surface area is 127 Å². The van der Waals surface area contributed by atoms with Gasteiger partial charge < -0.3 is 10.0 Å². The molecular formula is C14H17ClN2O4. The number of rotatable bonds is 4. The number of hydrogen-bond donors (Lipinski definition) is 1. The zero-order valence-electron chi connectivity index (χ0n) is 11.7. The van der Waals surface area contributed by atoms with Crippen molar-refractivity contribution in [3.05, 3.63) is 33.3 Å². The zero-order valence-corrected chi connectivity index (χ0v) is 12.4. The first-order chi connectivity index (χ1) is 9.93.